The lowest BCUT2D eigenvalue weighted by molar-refractivity contribution is -0.155. The van der Waals surface area contributed by atoms with Crippen LogP contribution in [0, 0.1) is 0 Å². The number of methoxy groups -OCH3 is 1. The highest BCUT2D eigenvalue weighted by Gasteiger charge is 2.51. The molecule has 1 aromatic rings. The number of carboxylic acids is 1. The van der Waals surface area contributed by atoms with Crippen LogP contribution >= 0.6 is 0 Å². The maximum Gasteiger partial charge on any atom is 0.337 e. The molecule has 0 spiro atoms. The normalized spacial score (nSPS) is 23.9. The van der Waals surface area contributed by atoms with Gasteiger partial charge in [0.25, 0.3) is 0 Å². The maximum absolute atomic E-state index is 13.0. The highest BCUT2D eigenvalue weighted by molar-refractivity contribution is 7.88. The van der Waals surface area contributed by atoms with E-state index in [-0.39, 0.29) is 11.6 Å². The predicted octanol–water partition coefficient (Wildman–Crippen LogP) is 1.01. The second-order valence-corrected chi connectivity index (χ2v) is 9.32. The number of esters is 1. The number of hydrogen-bond donors (Lipinski definition) is 1. The fourth-order valence-corrected chi connectivity index (χ4v) is 5.21. The third kappa shape index (κ3) is 4.13. The third-order valence-electron chi connectivity index (χ3n) is 5.56. The van der Waals surface area contributed by atoms with Gasteiger partial charge in [-0.15, -0.1) is 0 Å². The molecule has 1 N–H and O–H groups in total. The average Bonchev–Trinajstić information content (AvgIpc) is 3.19. The molecule has 2 aliphatic rings. The van der Waals surface area contributed by atoms with E-state index in [1.165, 1.54) is 19.2 Å². The summed E-state index contributed by atoms with van der Waals surface area (Å²) < 4.78 is 30.0. The Hall–Kier alpha value is -2.46. The van der Waals surface area contributed by atoms with Crippen molar-refractivity contribution in [3.05, 3.63) is 35.4 Å². The zero-order chi connectivity index (χ0) is 21.3. The van der Waals surface area contributed by atoms with Crippen molar-refractivity contribution in [3.63, 3.8) is 0 Å². The van der Waals surface area contributed by atoms with Gasteiger partial charge in [0, 0.05) is 6.04 Å². The van der Waals surface area contributed by atoms with Crippen molar-refractivity contribution in [1.82, 2.24) is 9.21 Å². The van der Waals surface area contributed by atoms with Crippen LogP contribution in [0.4, 0.5) is 0 Å². The van der Waals surface area contributed by atoms with Crippen LogP contribution in [-0.4, -0.2) is 72.6 Å². The Morgan fingerprint density at radius 2 is 1.72 bits per heavy atom. The molecule has 2 atom stereocenters. The lowest BCUT2D eigenvalue weighted by Gasteiger charge is -2.47. The van der Waals surface area contributed by atoms with Crippen LogP contribution in [0.2, 0.25) is 0 Å². The second-order valence-electron chi connectivity index (χ2n) is 7.39. The molecule has 1 aromatic carbocycles. The molecule has 0 radical (unpaired) electrons. The molecule has 2 fully saturated rings. The fraction of sp³-hybridized carbons (Fsp3) is 0.526. The monoisotopic (exact) mass is 424 g/mol. The topological polar surface area (TPSA) is 121 Å². The molecule has 1 saturated carbocycles. The van der Waals surface area contributed by atoms with E-state index in [1.807, 2.05) is 0 Å². The van der Waals surface area contributed by atoms with E-state index in [4.69, 9.17) is 0 Å². The van der Waals surface area contributed by atoms with Gasteiger partial charge in [-0.1, -0.05) is 25.0 Å². The van der Waals surface area contributed by atoms with Gasteiger partial charge in [-0.25, -0.2) is 13.2 Å². The zero-order valence-electron chi connectivity index (χ0n) is 16.3. The molecule has 158 valence electrons. The molecule has 2 unspecified atom stereocenters. The summed E-state index contributed by atoms with van der Waals surface area (Å²) in [4.78, 5) is 38.4. The number of aliphatic carboxylic acids is 1. The van der Waals surface area contributed by atoms with Gasteiger partial charge in [0.2, 0.25) is 15.9 Å². The van der Waals surface area contributed by atoms with E-state index < -0.39 is 46.5 Å². The first-order valence-electron chi connectivity index (χ1n) is 9.34. The number of piperazine rings is 1. The third-order valence-corrected chi connectivity index (χ3v) is 6.77. The minimum atomic E-state index is -3.94. The number of sulfonamides is 1. The highest BCUT2D eigenvalue weighted by atomic mass is 32.2. The van der Waals surface area contributed by atoms with E-state index in [0.29, 0.717) is 5.56 Å². The number of amides is 1. The summed E-state index contributed by atoms with van der Waals surface area (Å²) in [6.07, 6.45) is 4.24. The molecule has 1 heterocycles. The van der Waals surface area contributed by atoms with E-state index in [0.717, 1.165) is 36.2 Å². The Morgan fingerprint density at radius 1 is 1.14 bits per heavy atom. The van der Waals surface area contributed by atoms with Gasteiger partial charge in [0.15, 0.2) is 0 Å². The summed E-state index contributed by atoms with van der Waals surface area (Å²) in [6.45, 7) is -0.497. The average molecular weight is 424 g/mol. The minimum Gasteiger partial charge on any atom is -0.480 e. The Labute approximate surface area is 169 Å². The smallest absolute Gasteiger partial charge is 0.337 e. The summed E-state index contributed by atoms with van der Waals surface area (Å²) in [5.74, 6) is -2.29. The first-order chi connectivity index (χ1) is 13.6. The molecule has 0 aromatic heterocycles. The molecule has 1 saturated heterocycles. The molecular weight excluding hydrogens is 400 g/mol. The van der Waals surface area contributed by atoms with Crippen LogP contribution < -0.4 is 0 Å². The van der Waals surface area contributed by atoms with Gasteiger partial charge in [0.05, 0.1) is 31.5 Å². The molecule has 0 bridgehead atoms. The standard InChI is InChI=1S/C19H24N2O7S/c1-28-19(25)13-9-7-12(8-10-13)16-17(18(23)24)20(29(2,26)27)11-15(22)21(16)14-5-3-4-6-14/h7-10,14,16-17H,3-6,11H2,1-2H3,(H,23,24). The van der Waals surface area contributed by atoms with Crippen molar-refractivity contribution in [2.75, 3.05) is 19.9 Å². The maximum atomic E-state index is 13.0. The number of benzene rings is 1. The quantitative estimate of drug-likeness (QED) is 0.700. The summed E-state index contributed by atoms with van der Waals surface area (Å²) in [7, 11) is -2.68. The zero-order valence-corrected chi connectivity index (χ0v) is 17.1. The van der Waals surface area contributed by atoms with Crippen LogP contribution in [0.15, 0.2) is 24.3 Å². The molecular formula is C19H24N2O7S. The van der Waals surface area contributed by atoms with Gasteiger partial charge >= 0.3 is 11.9 Å². The van der Waals surface area contributed by atoms with Crippen molar-refractivity contribution in [1.29, 1.82) is 0 Å². The minimum absolute atomic E-state index is 0.142. The molecule has 1 amide bonds. The number of rotatable bonds is 5. The van der Waals surface area contributed by atoms with Crippen LogP contribution in [0.25, 0.3) is 0 Å². The van der Waals surface area contributed by atoms with Crippen molar-refractivity contribution in [2.45, 2.75) is 43.8 Å². The van der Waals surface area contributed by atoms with Crippen LogP contribution in [0.1, 0.15) is 47.6 Å². The summed E-state index contributed by atoms with van der Waals surface area (Å²) in [5, 5.41) is 9.91. The molecule has 1 aliphatic carbocycles. The first kappa shape index (κ1) is 21.3. The van der Waals surface area contributed by atoms with Gasteiger partial charge in [-0.2, -0.15) is 4.31 Å². The Balaban J connectivity index is 2.11. The number of ether oxygens (including phenoxy) is 1. The van der Waals surface area contributed by atoms with Gasteiger partial charge in [0.1, 0.15) is 6.04 Å². The van der Waals surface area contributed by atoms with Crippen LogP contribution in [0.5, 0.6) is 0 Å². The lowest BCUT2D eigenvalue weighted by atomic mass is 9.92. The Kier molecular flexibility index (Phi) is 5.95. The first-order valence-corrected chi connectivity index (χ1v) is 11.2. The number of carboxylic acid groups (broad SMARTS) is 1. The van der Waals surface area contributed by atoms with E-state index in [9.17, 15) is 27.9 Å². The van der Waals surface area contributed by atoms with E-state index >= 15 is 0 Å². The van der Waals surface area contributed by atoms with Crippen molar-refractivity contribution < 1.29 is 32.6 Å². The van der Waals surface area contributed by atoms with Crippen LogP contribution in [-0.2, 0) is 24.3 Å². The number of nitrogens with zero attached hydrogens (tertiary/aromatic N) is 2. The van der Waals surface area contributed by atoms with E-state index in [1.54, 1.807) is 17.0 Å². The number of carbonyl (C=O) groups is 3. The van der Waals surface area contributed by atoms with E-state index in [2.05, 4.69) is 4.74 Å². The SMILES string of the molecule is COC(=O)c1ccc(C2C(C(=O)O)N(S(C)(=O)=O)CC(=O)N2C2CCCC2)cc1. The second kappa shape index (κ2) is 8.11. The Bertz CT molecular complexity index is 907. The number of hydrogen-bond acceptors (Lipinski definition) is 6. The largest absolute Gasteiger partial charge is 0.480 e. The van der Waals surface area contributed by atoms with Gasteiger partial charge in [-0.05, 0) is 30.5 Å². The molecule has 9 nitrogen and oxygen atoms in total. The molecule has 10 heteroatoms. The fourth-order valence-electron chi connectivity index (χ4n) is 4.25. The lowest BCUT2D eigenvalue weighted by Crippen LogP contribution is -2.63. The van der Waals surface area contributed by atoms with Crippen molar-refractivity contribution in [3.8, 4) is 0 Å². The van der Waals surface area contributed by atoms with Gasteiger partial charge < -0.3 is 14.7 Å². The van der Waals surface area contributed by atoms with Crippen LogP contribution in [0.3, 0.4) is 0 Å². The molecule has 3 rings (SSSR count). The summed E-state index contributed by atoms with van der Waals surface area (Å²) >= 11 is 0. The Morgan fingerprint density at radius 3 is 2.21 bits per heavy atom. The predicted molar refractivity (Wildman–Crippen MR) is 103 cm³/mol. The number of carbonyl (C=O) groups excluding carboxylic acids is 2. The summed E-state index contributed by atoms with van der Waals surface area (Å²) in [6, 6.07) is 3.48. The van der Waals surface area contributed by atoms with Crippen molar-refractivity contribution >= 4 is 27.9 Å². The molecule has 1 aliphatic heterocycles. The summed E-state index contributed by atoms with van der Waals surface area (Å²) in [5.41, 5.74) is 0.733. The molecule has 29 heavy (non-hydrogen) atoms. The van der Waals surface area contributed by atoms with Gasteiger partial charge in [-0.3, -0.25) is 9.59 Å². The van der Waals surface area contributed by atoms with Crippen molar-refractivity contribution in [2.24, 2.45) is 0 Å². The highest BCUT2D eigenvalue weighted by Crippen LogP contribution is 2.39.